The number of nitrogens with zero attached hydrogens (tertiary/aromatic N) is 5. The highest BCUT2D eigenvalue weighted by Gasteiger charge is 2.25. The number of nitrogens with two attached hydrogens (primary N) is 1. The predicted molar refractivity (Wildman–Crippen MR) is 83.0 cm³/mol. The molecule has 1 fully saturated rings. The van der Waals surface area contributed by atoms with Gasteiger partial charge in [0.2, 0.25) is 17.8 Å². The van der Waals surface area contributed by atoms with Crippen LogP contribution in [-0.2, 0) is 0 Å². The molecule has 6 heteroatoms. The van der Waals surface area contributed by atoms with Gasteiger partial charge in [-0.2, -0.15) is 15.0 Å². The van der Waals surface area contributed by atoms with Crippen LogP contribution in [0.3, 0.4) is 0 Å². The first-order chi connectivity index (χ1) is 9.51. The molecule has 1 aliphatic carbocycles. The van der Waals surface area contributed by atoms with Crippen LogP contribution in [0.15, 0.2) is 0 Å². The Bertz CT molecular complexity index is 439. The van der Waals surface area contributed by atoms with Crippen molar-refractivity contribution < 1.29 is 0 Å². The molecule has 2 rings (SSSR count). The molecule has 6 nitrogen and oxygen atoms in total. The zero-order valence-corrected chi connectivity index (χ0v) is 13.0. The molecule has 1 saturated carbocycles. The Balaban J connectivity index is 2.11. The molecule has 0 unspecified atom stereocenters. The molecular formula is C14H26N6. The summed E-state index contributed by atoms with van der Waals surface area (Å²) >= 11 is 0. The summed E-state index contributed by atoms with van der Waals surface area (Å²) < 4.78 is 0. The van der Waals surface area contributed by atoms with Crippen molar-refractivity contribution in [3.8, 4) is 0 Å². The lowest BCUT2D eigenvalue weighted by molar-refractivity contribution is 0.312. The van der Waals surface area contributed by atoms with Crippen molar-refractivity contribution in [1.29, 1.82) is 0 Å². The van der Waals surface area contributed by atoms with Crippen LogP contribution in [0.4, 0.5) is 17.8 Å². The fourth-order valence-corrected chi connectivity index (χ4v) is 2.83. The van der Waals surface area contributed by atoms with Crippen LogP contribution in [0.25, 0.3) is 0 Å². The number of anilines is 3. The minimum absolute atomic E-state index is 0.285. The van der Waals surface area contributed by atoms with Gasteiger partial charge >= 0.3 is 0 Å². The molecule has 0 amide bonds. The quantitative estimate of drug-likeness (QED) is 0.907. The topological polar surface area (TPSA) is 71.2 Å². The van der Waals surface area contributed by atoms with E-state index in [4.69, 9.17) is 5.73 Å². The van der Waals surface area contributed by atoms with E-state index in [2.05, 4.69) is 33.8 Å². The Morgan fingerprint density at radius 3 is 2.15 bits per heavy atom. The first-order valence-electron chi connectivity index (χ1n) is 7.43. The van der Waals surface area contributed by atoms with Crippen molar-refractivity contribution in [1.82, 2.24) is 15.0 Å². The third kappa shape index (κ3) is 3.29. The molecule has 1 heterocycles. The number of hydrogen-bond donors (Lipinski definition) is 1. The van der Waals surface area contributed by atoms with Crippen LogP contribution in [0.1, 0.15) is 39.0 Å². The zero-order valence-electron chi connectivity index (χ0n) is 13.0. The van der Waals surface area contributed by atoms with Crippen LogP contribution in [0.5, 0.6) is 0 Å². The van der Waals surface area contributed by atoms with E-state index in [0.717, 1.165) is 5.92 Å². The molecule has 1 aromatic heterocycles. The highest BCUT2D eigenvalue weighted by molar-refractivity contribution is 5.42. The van der Waals surface area contributed by atoms with Gasteiger partial charge in [0.15, 0.2) is 0 Å². The van der Waals surface area contributed by atoms with E-state index in [1.54, 1.807) is 0 Å². The molecule has 1 aromatic rings. The largest absolute Gasteiger partial charge is 0.368 e. The standard InChI is InChI=1S/C14H26N6/c1-5-10-6-8-11(9-7-10)20(4)14-17-12(15)16-13(18-14)19(2)3/h10-11H,5-9H2,1-4H3,(H2,15,16,17,18). The molecule has 20 heavy (non-hydrogen) atoms. The molecule has 112 valence electrons. The highest BCUT2D eigenvalue weighted by atomic mass is 15.3. The second-order valence-electron chi connectivity index (χ2n) is 5.88. The molecule has 0 bridgehead atoms. The van der Waals surface area contributed by atoms with Crippen LogP contribution in [0, 0.1) is 5.92 Å². The minimum atomic E-state index is 0.285. The monoisotopic (exact) mass is 278 g/mol. The summed E-state index contributed by atoms with van der Waals surface area (Å²) in [5.41, 5.74) is 5.79. The van der Waals surface area contributed by atoms with Crippen molar-refractivity contribution in [2.75, 3.05) is 36.7 Å². The van der Waals surface area contributed by atoms with Crippen molar-refractivity contribution in [3.05, 3.63) is 0 Å². The maximum absolute atomic E-state index is 5.79. The van der Waals surface area contributed by atoms with Crippen molar-refractivity contribution >= 4 is 17.8 Å². The SMILES string of the molecule is CCC1CCC(N(C)c2nc(N)nc(N(C)C)n2)CC1. The summed E-state index contributed by atoms with van der Waals surface area (Å²) in [6.07, 6.45) is 6.30. The second-order valence-corrected chi connectivity index (χ2v) is 5.88. The first-order valence-corrected chi connectivity index (χ1v) is 7.43. The van der Waals surface area contributed by atoms with E-state index in [-0.39, 0.29) is 5.95 Å². The summed E-state index contributed by atoms with van der Waals surface area (Å²) in [4.78, 5) is 16.9. The minimum Gasteiger partial charge on any atom is -0.368 e. The molecule has 0 atom stereocenters. The average Bonchev–Trinajstić information content (AvgIpc) is 2.46. The maximum atomic E-state index is 5.79. The fraction of sp³-hybridized carbons (Fsp3) is 0.786. The summed E-state index contributed by atoms with van der Waals surface area (Å²) in [6, 6.07) is 0.509. The second kappa shape index (κ2) is 6.24. The zero-order chi connectivity index (χ0) is 14.7. The molecule has 1 aliphatic rings. The summed E-state index contributed by atoms with van der Waals surface area (Å²) in [6.45, 7) is 2.28. The van der Waals surface area contributed by atoms with Crippen LogP contribution in [0.2, 0.25) is 0 Å². The smallest absolute Gasteiger partial charge is 0.231 e. The lowest BCUT2D eigenvalue weighted by Gasteiger charge is -2.34. The van der Waals surface area contributed by atoms with Gasteiger partial charge in [-0.3, -0.25) is 0 Å². The molecule has 0 spiro atoms. The number of rotatable bonds is 4. The molecule has 0 saturated heterocycles. The lowest BCUT2D eigenvalue weighted by atomic mass is 9.84. The van der Waals surface area contributed by atoms with Gasteiger partial charge in [-0.1, -0.05) is 13.3 Å². The summed E-state index contributed by atoms with van der Waals surface area (Å²) in [7, 11) is 5.88. The maximum Gasteiger partial charge on any atom is 0.231 e. The molecule has 2 N–H and O–H groups in total. The van der Waals surface area contributed by atoms with Crippen molar-refractivity contribution in [2.45, 2.75) is 45.1 Å². The Hall–Kier alpha value is -1.59. The van der Waals surface area contributed by atoms with Crippen molar-refractivity contribution in [2.24, 2.45) is 5.92 Å². The van der Waals surface area contributed by atoms with E-state index in [1.165, 1.54) is 32.1 Å². The van der Waals surface area contributed by atoms with E-state index in [9.17, 15) is 0 Å². The Kier molecular flexibility index (Phi) is 4.62. The van der Waals surface area contributed by atoms with E-state index in [1.807, 2.05) is 19.0 Å². The lowest BCUT2D eigenvalue weighted by Crippen LogP contribution is -2.36. The predicted octanol–water partition coefficient (Wildman–Crippen LogP) is 1.92. The molecule has 0 aliphatic heterocycles. The Morgan fingerprint density at radius 1 is 1.00 bits per heavy atom. The Morgan fingerprint density at radius 2 is 1.60 bits per heavy atom. The van der Waals surface area contributed by atoms with Gasteiger partial charge in [0.05, 0.1) is 0 Å². The highest BCUT2D eigenvalue weighted by Crippen LogP contribution is 2.30. The van der Waals surface area contributed by atoms with Gasteiger partial charge in [-0.25, -0.2) is 0 Å². The fourth-order valence-electron chi connectivity index (χ4n) is 2.83. The number of hydrogen-bond acceptors (Lipinski definition) is 6. The summed E-state index contributed by atoms with van der Waals surface area (Å²) in [5, 5.41) is 0. The van der Waals surface area contributed by atoms with Crippen LogP contribution in [-0.4, -0.2) is 42.1 Å². The summed E-state index contributed by atoms with van der Waals surface area (Å²) in [5.74, 6) is 2.47. The third-order valence-electron chi connectivity index (χ3n) is 4.29. The van der Waals surface area contributed by atoms with Crippen LogP contribution >= 0.6 is 0 Å². The normalized spacial score (nSPS) is 22.6. The molecule has 0 radical (unpaired) electrons. The van der Waals surface area contributed by atoms with E-state index < -0.39 is 0 Å². The molecular weight excluding hydrogens is 252 g/mol. The van der Waals surface area contributed by atoms with Gasteiger partial charge in [-0.15, -0.1) is 0 Å². The third-order valence-corrected chi connectivity index (χ3v) is 4.29. The van der Waals surface area contributed by atoms with Crippen LogP contribution < -0.4 is 15.5 Å². The van der Waals surface area contributed by atoms with E-state index >= 15 is 0 Å². The molecule has 0 aromatic carbocycles. The van der Waals surface area contributed by atoms with Gasteiger partial charge in [-0.05, 0) is 31.6 Å². The number of aromatic nitrogens is 3. The average molecular weight is 278 g/mol. The number of nitrogen functional groups attached to an aromatic ring is 1. The van der Waals surface area contributed by atoms with Gasteiger partial charge in [0, 0.05) is 27.2 Å². The van der Waals surface area contributed by atoms with E-state index in [0.29, 0.717) is 17.9 Å². The van der Waals surface area contributed by atoms with Gasteiger partial charge in [0.1, 0.15) is 0 Å². The first kappa shape index (κ1) is 14.8. The Labute approximate surface area is 121 Å². The van der Waals surface area contributed by atoms with Crippen molar-refractivity contribution in [3.63, 3.8) is 0 Å². The van der Waals surface area contributed by atoms with Gasteiger partial charge in [0.25, 0.3) is 0 Å². The van der Waals surface area contributed by atoms with Gasteiger partial charge < -0.3 is 15.5 Å².